The van der Waals surface area contributed by atoms with Gasteiger partial charge in [-0.3, -0.25) is 0 Å². The minimum atomic E-state index is 0.0214. The smallest absolute Gasteiger partial charge is 0.0961 e. The molecule has 1 aromatic heterocycles. The van der Waals surface area contributed by atoms with E-state index < -0.39 is 0 Å². The Labute approximate surface area is 117 Å². The van der Waals surface area contributed by atoms with Crippen molar-refractivity contribution >= 4 is 23.4 Å². The van der Waals surface area contributed by atoms with Gasteiger partial charge >= 0.3 is 0 Å². The van der Waals surface area contributed by atoms with E-state index >= 15 is 0 Å². The molecule has 0 aliphatic heterocycles. The van der Waals surface area contributed by atoms with Gasteiger partial charge in [0.15, 0.2) is 0 Å². The van der Waals surface area contributed by atoms with Gasteiger partial charge in [0.1, 0.15) is 0 Å². The number of aromatic nitrogens is 1. The molecule has 1 heterocycles. The van der Waals surface area contributed by atoms with Gasteiger partial charge in [0.05, 0.1) is 10.0 Å². The monoisotopic (exact) mass is 278 g/mol. The van der Waals surface area contributed by atoms with E-state index in [1.54, 1.807) is 18.0 Å². The van der Waals surface area contributed by atoms with Crippen molar-refractivity contribution in [3.8, 4) is 0 Å². The lowest BCUT2D eigenvalue weighted by molar-refractivity contribution is 0.829. The normalized spacial score (nSPS) is 12.4. The first-order chi connectivity index (χ1) is 8.65. The molecule has 0 aliphatic carbocycles. The van der Waals surface area contributed by atoms with Crippen LogP contribution in [0, 0.1) is 6.92 Å². The van der Waals surface area contributed by atoms with Gasteiger partial charge in [0, 0.05) is 18.0 Å². The summed E-state index contributed by atoms with van der Waals surface area (Å²) >= 11 is 7.43. The van der Waals surface area contributed by atoms with Gasteiger partial charge in [-0.15, -0.1) is 11.8 Å². The molecule has 2 N–H and O–H groups in total. The number of pyridine rings is 1. The highest BCUT2D eigenvalue weighted by atomic mass is 35.5. The number of rotatable bonds is 4. The van der Waals surface area contributed by atoms with Crippen LogP contribution in [0.25, 0.3) is 0 Å². The third kappa shape index (κ3) is 3.73. The summed E-state index contributed by atoms with van der Waals surface area (Å²) in [6.07, 6.45) is 1.65. The minimum Gasteiger partial charge on any atom is -0.323 e. The second-order valence-electron chi connectivity index (χ2n) is 4.14. The molecule has 0 spiro atoms. The van der Waals surface area contributed by atoms with Gasteiger partial charge in [-0.1, -0.05) is 41.4 Å². The largest absolute Gasteiger partial charge is 0.323 e. The molecule has 2 rings (SSSR count). The summed E-state index contributed by atoms with van der Waals surface area (Å²) in [7, 11) is 0. The third-order valence-electron chi connectivity index (χ3n) is 2.62. The zero-order chi connectivity index (χ0) is 13.0. The van der Waals surface area contributed by atoms with E-state index in [1.165, 1.54) is 5.56 Å². The highest BCUT2D eigenvalue weighted by Gasteiger charge is 2.07. The molecule has 0 amide bonds. The average molecular weight is 279 g/mol. The van der Waals surface area contributed by atoms with Crippen molar-refractivity contribution in [1.82, 2.24) is 4.98 Å². The maximum atomic E-state index is 6.15. The molecule has 18 heavy (non-hydrogen) atoms. The summed E-state index contributed by atoms with van der Waals surface area (Å²) in [4.78, 5) is 4.23. The van der Waals surface area contributed by atoms with E-state index in [4.69, 9.17) is 17.3 Å². The number of aryl methyl sites for hydroxylation is 1. The molecule has 2 aromatic rings. The average Bonchev–Trinajstić information content (AvgIpc) is 2.38. The van der Waals surface area contributed by atoms with E-state index in [0.717, 1.165) is 16.3 Å². The van der Waals surface area contributed by atoms with Crippen LogP contribution >= 0.6 is 23.4 Å². The Bertz CT molecular complexity index is 496. The molecule has 0 saturated carbocycles. The molecule has 94 valence electrons. The number of hydrogen-bond donors (Lipinski definition) is 1. The van der Waals surface area contributed by atoms with Crippen LogP contribution in [0.4, 0.5) is 0 Å². The molecule has 1 atom stereocenters. The number of halogens is 1. The van der Waals surface area contributed by atoms with Crippen molar-refractivity contribution in [3.05, 3.63) is 58.7 Å². The number of nitrogens with two attached hydrogens (primary N) is 1. The second kappa shape index (κ2) is 6.23. The van der Waals surface area contributed by atoms with Crippen LogP contribution in [0.3, 0.4) is 0 Å². The molecule has 0 saturated heterocycles. The van der Waals surface area contributed by atoms with Crippen molar-refractivity contribution in [2.75, 3.05) is 5.75 Å². The van der Waals surface area contributed by atoms with Gasteiger partial charge < -0.3 is 5.73 Å². The molecular formula is C14H15ClN2S. The molecule has 0 radical (unpaired) electrons. The third-order valence-corrected chi connectivity index (χ3v) is 3.90. The Morgan fingerprint density at radius 1 is 1.22 bits per heavy atom. The van der Waals surface area contributed by atoms with Crippen molar-refractivity contribution < 1.29 is 0 Å². The number of thioether (sulfide) groups is 1. The first-order valence-corrected chi connectivity index (χ1v) is 7.08. The first-order valence-electron chi connectivity index (χ1n) is 5.71. The van der Waals surface area contributed by atoms with Gasteiger partial charge in [-0.2, -0.15) is 0 Å². The van der Waals surface area contributed by atoms with E-state index in [0.29, 0.717) is 5.02 Å². The van der Waals surface area contributed by atoms with E-state index in [-0.39, 0.29) is 6.04 Å². The lowest BCUT2D eigenvalue weighted by atomic mass is 10.1. The van der Waals surface area contributed by atoms with Gasteiger partial charge in [0.25, 0.3) is 0 Å². The van der Waals surface area contributed by atoms with Gasteiger partial charge in [-0.05, 0) is 24.6 Å². The van der Waals surface area contributed by atoms with E-state index in [1.807, 2.05) is 12.1 Å². The Hall–Kier alpha value is -1.03. The van der Waals surface area contributed by atoms with Crippen LogP contribution in [-0.2, 0) is 0 Å². The Kier molecular flexibility index (Phi) is 4.64. The predicted octanol–water partition coefficient (Wildman–Crippen LogP) is 3.84. The van der Waals surface area contributed by atoms with E-state index in [2.05, 4.69) is 36.2 Å². The zero-order valence-corrected chi connectivity index (χ0v) is 11.7. The summed E-state index contributed by atoms with van der Waals surface area (Å²) in [5, 5.41) is 1.60. The fraction of sp³-hybridized carbons (Fsp3) is 0.214. The quantitative estimate of drug-likeness (QED) is 0.864. The van der Waals surface area contributed by atoms with Gasteiger partial charge in [-0.25, -0.2) is 4.98 Å². The zero-order valence-electron chi connectivity index (χ0n) is 10.1. The molecule has 4 heteroatoms. The Balaban J connectivity index is 1.93. The fourth-order valence-corrected chi connectivity index (χ4v) is 2.48. The SMILES string of the molecule is Cc1ccc(C(N)CSc2ccc(Cl)cn2)cc1. The molecule has 0 bridgehead atoms. The van der Waals surface area contributed by atoms with Crippen molar-refractivity contribution in [3.63, 3.8) is 0 Å². The van der Waals surface area contributed by atoms with Crippen molar-refractivity contribution in [2.45, 2.75) is 18.0 Å². The van der Waals surface area contributed by atoms with Crippen LogP contribution in [-0.4, -0.2) is 10.7 Å². The lowest BCUT2D eigenvalue weighted by Gasteiger charge is -2.11. The van der Waals surface area contributed by atoms with Crippen LogP contribution in [0.2, 0.25) is 5.02 Å². The molecule has 0 fully saturated rings. The summed E-state index contributed by atoms with van der Waals surface area (Å²) in [5.41, 5.74) is 8.55. The molecular weight excluding hydrogens is 264 g/mol. The van der Waals surface area contributed by atoms with Crippen LogP contribution < -0.4 is 5.73 Å². The van der Waals surface area contributed by atoms with E-state index in [9.17, 15) is 0 Å². The van der Waals surface area contributed by atoms with Crippen LogP contribution in [0.5, 0.6) is 0 Å². The highest BCUT2D eigenvalue weighted by molar-refractivity contribution is 7.99. The summed E-state index contributed by atoms with van der Waals surface area (Å²) < 4.78 is 0. The van der Waals surface area contributed by atoms with Crippen molar-refractivity contribution in [1.29, 1.82) is 0 Å². The topological polar surface area (TPSA) is 38.9 Å². The molecule has 0 aliphatic rings. The number of hydrogen-bond acceptors (Lipinski definition) is 3. The summed E-state index contributed by atoms with van der Waals surface area (Å²) in [6.45, 7) is 2.07. The number of benzene rings is 1. The Morgan fingerprint density at radius 2 is 1.94 bits per heavy atom. The molecule has 1 aromatic carbocycles. The maximum Gasteiger partial charge on any atom is 0.0961 e. The Morgan fingerprint density at radius 3 is 2.56 bits per heavy atom. The standard InChI is InChI=1S/C14H15ClN2S/c1-10-2-4-11(5-3-10)13(16)9-18-14-7-6-12(15)8-17-14/h2-8,13H,9,16H2,1H3. The lowest BCUT2D eigenvalue weighted by Crippen LogP contribution is -2.12. The highest BCUT2D eigenvalue weighted by Crippen LogP contribution is 2.22. The van der Waals surface area contributed by atoms with Crippen molar-refractivity contribution in [2.24, 2.45) is 5.73 Å². The van der Waals surface area contributed by atoms with Crippen LogP contribution in [0.15, 0.2) is 47.6 Å². The second-order valence-corrected chi connectivity index (χ2v) is 5.62. The predicted molar refractivity (Wildman–Crippen MR) is 78.1 cm³/mol. The molecule has 1 unspecified atom stereocenters. The van der Waals surface area contributed by atoms with Crippen LogP contribution in [0.1, 0.15) is 17.2 Å². The van der Waals surface area contributed by atoms with Gasteiger partial charge in [0.2, 0.25) is 0 Å². The minimum absolute atomic E-state index is 0.0214. The number of nitrogens with zero attached hydrogens (tertiary/aromatic N) is 1. The molecule has 2 nitrogen and oxygen atoms in total. The maximum absolute atomic E-state index is 6.15. The first kappa shape index (κ1) is 13.4. The summed E-state index contributed by atoms with van der Waals surface area (Å²) in [5.74, 6) is 0.803. The summed E-state index contributed by atoms with van der Waals surface area (Å²) in [6, 6.07) is 12.1. The fourth-order valence-electron chi connectivity index (χ4n) is 1.53.